The number of sulfonamides is 1. The van der Waals surface area contributed by atoms with E-state index in [9.17, 15) is 18.5 Å². The number of nitrogens with zero attached hydrogens (tertiary/aromatic N) is 1. The highest BCUT2D eigenvalue weighted by Gasteiger charge is 2.22. The van der Waals surface area contributed by atoms with E-state index in [-0.39, 0.29) is 15.4 Å². The lowest BCUT2D eigenvalue weighted by Crippen LogP contribution is -2.19. The molecule has 0 saturated carbocycles. The molecular weight excluding hydrogens is 360 g/mol. The highest BCUT2D eigenvalue weighted by Crippen LogP contribution is 2.27. The topological polar surface area (TPSA) is 89.3 Å². The molecule has 0 heterocycles. The number of nitro groups is 1. The smallest absolute Gasteiger partial charge is 0.258 e. The number of hydrogen-bond donors (Lipinski definition) is 1. The quantitative estimate of drug-likeness (QED) is 0.448. The van der Waals surface area contributed by atoms with Crippen LogP contribution in [0.25, 0.3) is 0 Å². The van der Waals surface area contributed by atoms with E-state index < -0.39 is 14.9 Å². The molecule has 1 N–H and O–H groups in total. The van der Waals surface area contributed by atoms with Gasteiger partial charge in [-0.3, -0.25) is 10.1 Å². The van der Waals surface area contributed by atoms with Crippen LogP contribution in [-0.4, -0.2) is 25.2 Å². The summed E-state index contributed by atoms with van der Waals surface area (Å²) in [6.45, 7) is 4.15. The minimum absolute atomic E-state index is 0.101. The summed E-state index contributed by atoms with van der Waals surface area (Å²) in [6, 6.07) is 4.01. The van der Waals surface area contributed by atoms with Gasteiger partial charge in [0.05, 0.1) is 9.82 Å². The van der Waals surface area contributed by atoms with Crippen LogP contribution in [0.2, 0.25) is 0 Å². The molecule has 1 aromatic rings. The maximum absolute atomic E-state index is 11.7. The van der Waals surface area contributed by atoms with Crippen LogP contribution in [0.4, 0.5) is 5.69 Å². The van der Waals surface area contributed by atoms with Crippen LogP contribution in [0.15, 0.2) is 23.1 Å². The van der Waals surface area contributed by atoms with E-state index in [1.165, 1.54) is 19.2 Å². The van der Waals surface area contributed by atoms with Crippen molar-refractivity contribution in [2.24, 2.45) is 5.92 Å². The molecule has 0 fully saturated rings. The van der Waals surface area contributed by atoms with Gasteiger partial charge in [-0.25, -0.2) is 13.1 Å². The number of nitro benzene ring substituents is 1. The van der Waals surface area contributed by atoms with E-state index in [1.54, 1.807) is 0 Å². The first-order chi connectivity index (χ1) is 9.67. The van der Waals surface area contributed by atoms with Gasteiger partial charge in [-0.15, -0.1) is 0 Å². The van der Waals surface area contributed by atoms with Crippen molar-refractivity contribution in [3.63, 3.8) is 0 Å². The van der Waals surface area contributed by atoms with E-state index >= 15 is 0 Å². The van der Waals surface area contributed by atoms with Gasteiger partial charge in [0.25, 0.3) is 5.69 Å². The van der Waals surface area contributed by atoms with Gasteiger partial charge in [0.1, 0.15) is 0 Å². The summed E-state index contributed by atoms with van der Waals surface area (Å²) >= 11 is 3.52. The third-order valence-electron chi connectivity index (χ3n) is 3.00. The Morgan fingerprint density at radius 3 is 2.48 bits per heavy atom. The van der Waals surface area contributed by atoms with E-state index in [2.05, 4.69) is 34.5 Å². The first-order valence-electron chi connectivity index (χ1n) is 6.52. The lowest BCUT2D eigenvalue weighted by molar-refractivity contribution is -0.385. The fourth-order valence-corrected chi connectivity index (χ4v) is 3.85. The van der Waals surface area contributed by atoms with Crippen LogP contribution >= 0.6 is 15.9 Å². The molecule has 118 valence electrons. The lowest BCUT2D eigenvalue weighted by Gasteiger charge is -2.13. The molecule has 0 spiro atoms. The maximum Gasteiger partial charge on any atom is 0.273 e. The Bertz CT molecular complexity index is 617. The highest BCUT2D eigenvalue weighted by atomic mass is 79.9. The summed E-state index contributed by atoms with van der Waals surface area (Å²) in [5.41, 5.74) is 0.358. The Labute approximate surface area is 133 Å². The highest BCUT2D eigenvalue weighted by molar-refractivity contribution is 9.09. The molecule has 1 aromatic carbocycles. The van der Waals surface area contributed by atoms with Gasteiger partial charge in [-0.2, -0.15) is 0 Å². The fraction of sp³-hybridized carbons (Fsp3) is 0.538. The van der Waals surface area contributed by atoms with E-state index in [0.29, 0.717) is 17.9 Å². The molecule has 0 radical (unpaired) electrons. The Morgan fingerprint density at radius 2 is 2.00 bits per heavy atom. The average molecular weight is 379 g/mol. The maximum atomic E-state index is 11.7. The Kier molecular flexibility index (Phi) is 6.30. The number of hydrogen-bond acceptors (Lipinski definition) is 4. The summed E-state index contributed by atoms with van der Waals surface area (Å²) in [5.74, 6) is 0.470. The second-order valence-corrected chi connectivity index (χ2v) is 8.37. The third-order valence-corrected chi connectivity index (χ3v) is 5.11. The molecule has 0 aliphatic heterocycles. The van der Waals surface area contributed by atoms with Crippen molar-refractivity contribution in [3.8, 4) is 0 Å². The number of benzene rings is 1. The predicted octanol–water partition coefficient (Wildman–Crippen LogP) is 2.86. The van der Waals surface area contributed by atoms with Crippen molar-refractivity contribution in [1.82, 2.24) is 4.72 Å². The number of halogens is 1. The zero-order chi connectivity index (χ0) is 16.2. The summed E-state index contributed by atoms with van der Waals surface area (Å²) in [5, 5.41) is 11.2. The van der Waals surface area contributed by atoms with Gasteiger partial charge >= 0.3 is 0 Å². The van der Waals surface area contributed by atoms with Crippen LogP contribution in [0.5, 0.6) is 0 Å². The third kappa shape index (κ3) is 5.05. The van der Waals surface area contributed by atoms with Crippen LogP contribution in [0, 0.1) is 16.0 Å². The predicted molar refractivity (Wildman–Crippen MR) is 85.2 cm³/mol. The average Bonchev–Trinajstić information content (AvgIpc) is 2.37. The van der Waals surface area contributed by atoms with Crippen molar-refractivity contribution >= 4 is 31.6 Å². The number of nitrogens with one attached hydrogen (secondary N) is 1. The molecule has 6 nitrogen and oxygen atoms in total. The Balaban J connectivity index is 3.14. The summed E-state index contributed by atoms with van der Waals surface area (Å²) in [4.78, 5) is 10.6. The van der Waals surface area contributed by atoms with Gasteiger partial charge in [-0.05, 0) is 31.9 Å². The molecule has 0 saturated heterocycles. The molecule has 21 heavy (non-hydrogen) atoms. The molecular formula is C13H19BrN2O4S. The van der Waals surface area contributed by atoms with E-state index in [1.807, 2.05) is 0 Å². The first kappa shape index (κ1) is 18.1. The lowest BCUT2D eigenvalue weighted by atomic mass is 10.0. The van der Waals surface area contributed by atoms with Gasteiger partial charge < -0.3 is 0 Å². The molecule has 0 bridgehead atoms. The number of alkyl halides is 1. The van der Waals surface area contributed by atoms with Crippen molar-refractivity contribution in [3.05, 3.63) is 33.9 Å². The minimum Gasteiger partial charge on any atom is -0.258 e. The fourth-order valence-electron chi connectivity index (χ4n) is 2.00. The monoisotopic (exact) mass is 378 g/mol. The second-order valence-electron chi connectivity index (χ2n) is 5.19. The van der Waals surface area contributed by atoms with Crippen molar-refractivity contribution in [2.45, 2.75) is 36.4 Å². The summed E-state index contributed by atoms with van der Waals surface area (Å²) in [6.07, 6.45) is 1.36. The van der Waals surface area contributed by atoms with Crippen LogP contribution < -0.4 is 4.72 Å². The molecule has 0 amide bonds. The standard InChI is InChI=1S/C13H19BrN2O4S/c1-9(2)6-11(14)7-10-4-5-12(21(19,20)15-3)8-13(10)16(17)18/h4-5,8-9,11,15H,6-7H2,1-3H3. The van der Waals surface area contributed by atoms with Crippen LogP contribution in [0.1, 0.15) is 25.8 Å². The normalized spacial score (nSPS) is 13.4. The van der Waals surface area contributed by atoms with Crippen LogP contribution in [0.3, 0.4) is 0 Å². The largest absolute Gasteiger partial charge is 0.273 e. The van der Waals surface area contributed by atoms with Crippen LogP contribution in [-0.2, 0) is 16.4 Å². The molecule has 0 aliphatic carbocycles. The van der Waals surface area contributed by atoms with Crippen molar-refractivity contribution in [2.75, 3.05) is 7.05 Å². The van der Waals surface area contributed by atoms with Gasteiger partial charge in [-0.1, -0.05) is 35.8 Å². The zero-order valence-corrected chi connectivity index (χ0v) is 14.6. The van der Waals surface area contributed by atoms with E-state index in [0.717, 1.165) is 12.5 Å². The Hall–Kier alpha value is -0.990. The van der Waals surface area contributed by atoms with Crippen molar-refractivity contribution in [1.29, 1.82) is 0 Å². The second kappa shape index (κ2) is 7.33. The van der Waals surface area contributed by atoms with Gasteiger partial charge in [0.2, 0.25) is 10.0 Å². The molecule has 0 aliphatic rings. The van der Waals surface area contributed by atoms with Crippen molar-refractivity contribution < 1.29 is 13.3 Å². The van der Waals surface area contributed by atoms with E-state index in [4.69, 9.17) is 0 Å². The molecule has 0 aromatic heterocycles. The molecule has 1 unspecified atom stereocenters. The molecule has 1 atom stereocenters. The molecule has 1 rings (SSSR count). The summed E-state index contributed by atoms with van der Waals surface area (Å²) < 4.78 is 25.6. The zero-order valence-electron chi connectivity index (χ0n) is 12.2. The first-order valence-corrected chi connectivity index (χ1v) is 8.92. The Morgan fingerprint density at radius 1 is 1.38 bits per heavy atom. The number of rotatable bonds is 7. The summed E-state index contributed by atoms with van der Waals surface area (Å²) in [7, 11) is -2.41. The minimum atomic E-state index is -3.68. The SMILES string of the molecule is CNS(=O)(=O)c1ccc(CC(Br)CC(C)C)c([N+](=O)[O-])c1. The van der Waals surface area contributed by atoms with Gasteiger partial charge in [0.15, 0.2) is 0 Å². The molecule has 8 heteroatoms. The van der Waals surface area contributed by atoms with Gasteiger partial charge in [0, 0.05) is 16.5 Å².